The summed E-state index contributed by atoms with van der Waals surface area (Å²) in [6.45, 7) is 8.92. The van der Waals surface area contributed by atoms with Gasteiger partial charge in [-0.25, -0.2) is 0 Å². The molecule has 0 spiro atoms. The Balaban J connectivity index is 0.00000243. The molecule has 0 nitrogen and oxygen atoms in total. The molecule has 0 radical (unpaired) electrons. The molecule has 0 heteroatoms. The third-order valence-corrected chi connectivity index (χ3v) is 5.71. The molecule has 26 heavy (non-hydrogen) atoms. The van der Waals surface area contributed by atoms with E-state index in [4.69, 9.17) is 0 Å². The molecular formula is C26H36. The zero-order chi connectivity index (χ0) is 17.6. The Labute approximate surface area is 161 Å². The van der Waals surface area contributed by atoms with Crippen LogP contribution in [0.1, 0.15) is 83.8 Å². The Morgan fingerprint density at radius 1 is 0.885 bits per heavy atom. The van der Waals surface area contributed by atoms with E-state index in [0.29, 0.717) is 0 Å². The van der Waals surface area contributed by atoms with Crippen LogP contribution in [0.15, 0.2) is 54.1 Å². The van der Waals surface area contributed by atoms with Gasteiger partial charge in [-0.2, -0.15) is 0 Å². The van der Waals surface area contributed by atoms with Gasteiger partial charge >= 0.3 is 0 Å². The van der Waals surface area contributed by atoms with E-state index in [1.165, 1.54) is 79.7 Å². The molecule has 0 aromatic heterocycles. The summed E-state index contributed by atoms with van der Waals surface area (Å²) in [5, 5.41) is 2.83. The fourth-order valence-corrected chi connectivity index (χ4v) is 4.31. The first-order chi connectivity index (χ1) is 12.2. The highest BCUT2D eigenvalue weighted by molar-refractivity contribution is 5.91. The largest absolute Gasteiger partial charge is 0.0999 e. The van der Waals surface area contributed by atoms with Gasteiger partial charge < -0.3 is 0 Å². The molecular weight excluding hydrogens is 312 g/mol. The summed E-state index contributed by atoms with van der Waals surface area (Å²) in [5.41, 5.74) is 7.85. The Morgan fingerprint density at radius 3 is 2.42 bits per heavy atom. The van der Waals surface area contributed by atoms with E-state index < -0.39 is 0 Å². The molecule has 0 heterocycles. The third-order valence-electron chi connectivity index (χ3n) is 5.71. The number of hydrogen-bond donors (Lipinski definition) is 0. The fourth-order valence-electron chi connectivity index (χ4n) is 4.31. The molecule has 0 saturated carbocycles. The lowest BCUT2D eigenvalue weighted by Gasteiger charge is -2.19. The van der Waals surface area contributed by atoms with Crippen molar-refractivity contribution in [1.82, 2.24) is 0 Å². The normalized spacial score (nSPS) is 18.8. The summed E-state index contributed by atoms with van der Waals surface area (Å²) >= 11 is 0. The first-order valence-electron chi connectivity index (χ1n) is 10.1. The van der Waals surface area contributed by atoms with Crippen molar-refractivity contribution < 1.29 is 0 Å². The van der Waals surface area contributed by atoms with Crippen LogP contribution in [0.25, 0.3) is 16.3 Å². The maximum absolute atomic E-state index is 4.29. The SMILES string of the molecule is C.C=C1CCCC/C(c2ccc3ccccc3c2CCC)=C(/CC)CC1. The summed E-state index contributed by atoms with van der Waals surface area (Å²) in [6, 6.07) is 13.6. The zero-order valence-electron chi connectivity index (χ0n) is 16.0. The molecule has 0 atom stereocenters. The predicted octanol–water partition coefficient (Wildman–Crippen LogP) is 8.50. The fraction of sp³-hybridized carbons (Fsp3) is 0.462. The van der Waals surface area contributed by atoms with E-state index >= 15 is 0 Å². The Hall–Kier alpha value is -1.82. The second-order valence-electron chi connectivity index (χ2n) is 7.46. The molecule has 0 fully saturated rings. The van der Waals surface area contributed by atoms with Gasteiger partial charge in [-0.3, -0.25) is 0 Å². The molecule has 0 aliphatic heterocycles. The number of fused-ring (bicyclic) bond motifs is 1. The molecule has 0 amide bonds. The minimum atomic E-state index is 0. The highest BCUT2D eigenvalue weighted by Crippen LogP contribution is 2.37. The van der Waals surface area contributed by atoms with Gasteiger partial charge in [0.1, 0.15) is 0 Å². The molecule has 0 N–H and O–H groups in total. The van der Waals surface area contributed by atoms with Crippen LogP contribution in [-0.2, 0) is 6.42 Å². The molecule has 0 unspecified atom stereocenters. The van der Waals surface area contributed by atoms with E-state index in [1.54, 1.807) is 16.7 Å². The minimum absolute atomic E-state index is 0. The van der Waals surface area contributed by atoms with Crippen molar-refractivity contribution in [2.45, 2.75) is 79.1 Å². The molecule has 3 rings (SSSR count). The summed E-state index contributed by atoms with van der Waals surface area (Å²) < 4.78 is 0. The van der Waals surface area contributed by atoms with Gasteiger partial charge in [-0.15, -0.1) is 0 Å². The van der Waals surface area contributed by atoms with Crippen LogP contribution in [0.2, 0.25) is 0 Å². The van der Waals surface area contributed by atoms with Crippen molar-refractivity contribution in [1.29, 1.82) is 0 Å². The molecule has 1 aliphatic rings. The molecule has 0 bridgehead atoms. The lowest BCUT2D eigenvalue weighted by Crippen LogP contribution is -1.99. The van der Waals surface area contributed by atoms with Crippen LogP contribution in [0.4, 0.5) is 0 Å². The van der Waals surface area contributed by atoms with Gasteiger partial charge in [0.05, 0.1) is 0 Å². The average molecular weight is 349 g/mol. The first-order valence-corrected chi connectivity index (χ1v) is 10.1. The van der Waals surface area contributed by atoms with Crippen LogP contribution in [0.5, 0.6) is 0 Å². The number of hydrogen-bond acceptors (Lipinski definition) is 0. The van der Waals surface area contributed by atoms with Crippen molar-refractivity contribution >= 4 is 16.3 Å². The van der Waals surface area contributed by atoms with Crippen LogP contribution in [0, 0.1) is 0 Å². The number of benzene rings is 2. The van der Waals surface area contributed by atoms with Crippen molar-refractivity contribution in [2.24, 2.45) is 0 Å². The van der Waals surface area contributed by atoms with Gasteiger partial charge in [0, 0.05) is 0 Å². The van der Waals surface area contributed by atoms with Crippen molar-refractivity contribution in [2.75, 3.05) is 0 Å². The van der Waals surface area contributed by atoms with Crippen LogP contribution in [0.3, 0.4) is 0 Å². The minimum Gasteiger partial charge on any atom is -0.0999 e. The zero-order valence-corrected chi connectivity index (χ0v) is 16.0. The summed E-state index contributed by atoms with van der Waals surface area (Å²) in [5.74, 6) is 0. The second-order valence-corrected chi connectivity index (χ2v) is 7.46. The standard InChI is InChI=1S/C25H32.CH4/c1-4-10-24-23-14-9-7-12-21(23)17-18-25(24)22-13-8-6-11-19(3)15-16-20(22)5-2;/h7,9,12,14,17-18H,3-6,8,10-11,13,15-16H2,1-2H3;1H4/b22-20+;. The van der Waals surface area contributed by atoms with E-state index in [1.807, 2.05) is 0 Å². The van der Waals surface area contributed by atoms with Gasteiger partial charge in [-0.1, -0.05) is 81.8 Å². The number of rotatable bonds is 4. The maximum atomic E-state index is 4.29. The topological polar surface area (TPSA) is 0 Å². The van der Waals surface area contributed by atoms with Gasteiger partial charge in [0.2, 0.25) is 0 Å². The molecule has 140 valence electrons. The van der Waals surface area contributed by atoms with Crippen LogP contribution in [-0.4, -0.2) is 0 Å². The first kappa shape index (κ1) is 20.5. The van der Waals surface area contributed by atoms with Crippen molar-refractivity contribution in [3.63, 3.8) is 0 Å². The summed E-state index contributed by atoms with van der Waals surface area (Å²) in [7, 11) is 0. The van der Waals surface area contributed by atoms with Gasteiger partial charge in [0.25, 0.3) is 0 Å². The molecule has 2 aromatic rings. The maximum Gasteiger partial charge on any atom is -0.0146 e. The van der Waals surface area contributed by atoms with E-state index in [9.17, 15) is 0 Å². The van der Waals surface area contributed by atoms with Crippen LogP contribution < -0.4 is 0 Å². The molecule has 0 saturated heterocycles. The van der Waals surface area contributed by atoms with E-state index in [2.05, 4.69) is 56.8 Å². The summed E-state index contributed by atoms with van der Waals surface area (Å²) in [6.07, 6.45) is 10.9. The number of allylic oxidation sites excluding steroid dienone is 3. The third kappa shape index (κ3) is 4.47. The van der Waals surface area contributed by atoms with Crippen molar-refractivity contribution in [3.05, 3.63) is 65.3 Å². The highest BCUT2D eigenvalue weighted by atomic mass is 14.2. The van der Waals surface area contributed by atoms with E-state index in [0.717, 1.165) is 0 Å². The second kappa shape index (κ2) is 9.76. The number of aryl methyl sites for hydroxylation is 1. The monoisotopic (exact) mass is 348 g/mol. The Morgan fingerprint density at radius 2 is 1.65 bits per heavy atom. The Kier molecular flexibility index (Phi) is 7.69. The highest BCUT2D eigenvalue weighted by Gasteiger charge is 2.16. The smallest absolute Gasteiger partial charge is 0.0146 e. The average Bonchev–Trinajstić information content (AvgIpc) is 2.73. The molecule has 2 aromatic carbocycles. The van der Waals surface area contributed by atoms with E-state index in [-0.39, 0.29) is 7.43 Å². The predicted molar refractivity (Wildman–Crippen MR) is 119 cm³/mol. The van der Waals surface area contributed by atoms with Gasteiger partial charge in [0.15, 0.2) is 0 Å². The van der Waals surface area contributed by atoms with Crippen LogP contribution >= 0.6 is 0 Å². The van der Waals surface area contributed by atoms with Crippen molar-refractivity contribution in [3.8, 4) is 0 Å². The quantitative estimate of drug-likeness (QED) is 0.486. The lowest BCUT2D eigenvalue weighted by atomic mass is 9.85. The molecule has 1 aliphatic carbocycles. The van der Waals surface area contributed by atoms with Gasteiger partial charge in [-0.05, 0) is 78.8 Å². The Bertz CT molecular complexity index is 776. The summed E-state index contributed by atoms with van der Waals surface area (Å²) in [4.78, 5) is 0. The lowest BCUT2D eigenvalue weighted by molar-refractivity contribution is 0.735.